The monoisotopic (exact) mass is 251 g/mol. The highest BCUT2D eigenvalue weighted by atomic mass is 19.1. The van der Waals surface area contributed by atoms with E-state index in [1.807, 2.05) is 0 Å². The van der Waals surface area contributed by atoms with Crippen molar-refractivity contribution in [3.8, 4) is 5.75 Å². The van der Waals surface area contributed by atoms with Crippen molar-refractivity contribution in [3.63, 3.8) is 0 Å². The zero-order valence-corrected chi connectivity index (χ0v) is 10.3. The fourth-order valence-electron chi connectivity index (χ4n) is 2.54. The minimum Gasteiger partial charge on any atom is -0.485 e. The van der Waals surface area contributed by atoms with Crippen molar-refractivity contribution in [3.05, 3.63) is 29.6 Å². The van der Waals surface area contributed by atoms with Gasteiger partial charge in [-0.3, -0.25) is 0 Å². The third-order valence-corrected chi connectivity index (χ3v) is 3.65. The standard InChI is InChI=1S/C14H18FNO2/c15-11-1-2-14(18-12-8-17-9-12)13(7-11)10-3-5-16-6-4-10/h1-2,7,10,12,16H,3-6,8-9H2. The van der Waals surface area contributed by atoms with Crippen molar-refractivity contribution >= 4 is 0 Å². The maximum atomic E-state index is 13.4. The van der Waals surface area contributed by atoms with Gasteiger partial charge in [-0.25, -0.2) is 4.39 Å². The van der Waals surface area contributed by atoms with Crippen molar-refractivity contribution in [2.45, 2.75) is 24.9 Å². The summed E-state index contributed by atoms with van der Waals surface area (Å²) in [5, 5.41) is 3.33. The summed E-state index contributed by atoms with van der Waals surface area (Å²) in [5.74, 6) is 1.05. The number of benzene rings is 1. The third-order valence-electron chi connectivity index (χ3n) is 3.65. The highest BCUT2D eigenvalue weighted by Crippen LogP contribution is 2.34. The Bertz CT molecular complexity index is 414. The van der Waals surface area contributed by atoms with Gasteiger partial charge in [-0.15, -0.1) is 0 Å². The first-order valence-electron chi connectivity index (χ1n) is 6.57. The molecule has 0 bridgehead atoms. The smallest absolute Gasteiger partial charge is 0.145 e. The fourth-order valence-corrected chi connectivity index (χ4v) is 2.54. The molecule has 2 aliphatic rings. The maximum Gasteiger partial charge on any atom is 0.145 e. The highest BCUT2D eigenvalue weighted by molar-refractivity contribution is 5.37. The lowest BCUT2D eigenvalue weighted by atomic mass is 9.89. The van der Waals surface area contributed by atoms with Crippen molar-refractivity contribution < 1.29 is 13.9 Å². The molecule has 98 valence electrons. The van der Waals surface area contributed by atoms with E-state index in [4.69, 9.17) is 9.47 Å². The average molecular weight is 251 g/mol. The Balaban J connectivity index is 1.81. The van der Waals surface area contributed by atoms with Crippen LogP contribution in [-0.2, 0) is 4.74 Å². The Morgan fingerprint density at radius 3 is 2.67 bits per heavy atom. The number of halogens is 1. The van der Waals surface area contributed by atoms with Crippen LogP contribution in [0.3, 0.4) is 0 Å². The normalized spacial score (nSPS) is 21.6. The van der Waals surface area contributed by atoms with Gasteiger partial charge in [0.15, 0.2) is 0 Å². The minimum absolute atomic E-state index is 0.135. The highest BCUT2D eigenvalue weighted by Gasteiger charge is 2.24. The quantitative estimate of drug-likeness (QED) is 0.892. The van der Waals surface area contributed by atoms with Crippen LogP contribution in [0.4, 0.5) is 4.39 Å². The zero-order valence-electron chi connectivity index (χ0n) is 10.3. The molecular weight excluding hydrogens is 233 g/mol. The van der Waals surface area contributed by atoms with E-state index in [1.54, 1.807) is 12.1 Å². The molecule has 1 N–H and O–H groups in total. The molecule has 0 saturated carbocycles. The van der Waals surface area contributed by atoms with Crippen LogP contribution in [0.1, 0.15) is 24.3 Å². The summed E-state index contributed by atoms with van der Waals surface area (Å²) in [7, 11) is 0. The van der Waals surface area contributed by atoms with Gasteiger partial charge in [-0.2, -0.15) is 0 Å². The molecule has 2 aliphatic heterocycles. The fraction of sp³-hybridized carbons (Fsp3) is 0.571. The van der Waals surface area contributed by atoms with Crippen LogP contribution < -0.4 is 10.1 Å². The molecule has 1 aromatic carbocycles. The predicted octanol–water partition coefficient (Wildman–Crippen LogP) is 2.07. The van der Waals surface area contributed by atoms with Gasteiger partial charge in [0.1, 0.15) is 17.7 Å². The molecule has 0 amide bonds. The van der Waals surface area contributed by atoms with Crippen molar-refractivity contribution in [1.82, 2.24) is 5.32 Å². The molecule has 2 fully saturated rings. The molecule has 2 saturated heterocycles. The first-order valence-corrected chi connectivity index (χ1v) is 6.57. The van der Waals surface area contributed by atoms with E-state index >= 15 is 0 Å². The summed E-state index contributed by atoms with van der Waals surface area (Å²) in [6.45, 7) is 3.27. The number of piperidine rings is 1. The summed E-state index contributed by atoms with van der Waals surface area (Å²) in [6.07, 6.45) is 2.22. The van der Waals surface area contributed by atoms with E-state index in [9.17, 15) is 4.39 Å². The second-order valence-electron chi connectivity index (χ2n) is 4.98. The number of hydrogen-bond donors (Lipinski definition) is 1. The van der Waals surface area contributed by atoms with Gasteiger partial charge in [-0.05, 0) is 50.0 Å². The number of rotatable bonds is 3. The van der Waals surface area contributed by atoms with Crippen LogP contribution >= 0.6 is 0 Å². The van der Waals surface area contributed by atoms with Gasteiger partial charge in [0.05, 0.1) is 13.2 Å². The van der Waals surface area contributed by atoms with Crippen LogP contribution in [0.25, 0.3) is 0 Å². The van der Waals surface area contributed by atoms with Gasteiger partial charge < -0.3 is 14.8 Å². The van der Waals surface area contributed by atoms with Crippen LogP contribution in [0.5, 0.6) is 5.75 Å². The SMILES string of the molecule is Fc1ccc(OC2COC2)c(C2CCNCC2)c1. The first-order chi connectivity index (χ1) is 8.83. The molecule has 0 spiro atoms. The summed E-state index contributed by atoms with van der Waals surface area (Å²) in [5.41, 5.74) is 1.02. The largest absolute Gasteiger partial charge is 0.485 e. The van der Waals surface area contributed by atoms with Crippen LogP contribution in [0.15, 0.2) is 18.2 Å². The summed E-state index contributed by atoms with van der Waals surface area (Å²) < 4.78 is 24.4. The minimum atomic E-state index is -0.180. The molecule has 0 aromatic heterocycles. The van der Waals surface area contributed by atoms with Gasteiger partial charge >= 0.3 is 0 Å². The number of nitrogens with one attached hydrogen (secondary N) is 1. The Kier molecular flexibility index (Phi) is 3.48. The first kappa shape index (κ1) is 11.9. The van der Waals surface area contributed by atoms with E-state index in [0.29, 0.717) is 19.1 Å². The summed E-state index contributed by atoms with van der Waals surface area (Å²) >= 11 is 0. The maximum absolute atomic E-state index is 13.4. The van der Waals surface area contributed by atoms with E-state index in [1.165, 1.54) is 6.07 Å². The molecule has 0 atom stereocenters. The number of ether oxygens (including phenoxy) is 2. The lowest BCUT2D eigenvalue weighted by Crippen LogP contribution is -2.39. The molecule has 1 aromatic rings. The van der Waals surface area contributed by atoms with Crippen molar-refractivity contribution in [2.75, 3.05) is 26.3 Å². The Labute approximate surface area is 106 Å². The lowest BCUT2D eigenvalue weighted by Gasteiger charge is -2.30. The van der Waals surface area contributed by atoms with Crippen molar-refractivity contribution in [1.29, 1.82) is 0 Å². The lowest BCUT2D eigenvalue weighted by molar-refractivity contribution is -0.0801. The van der Waals surface area contributed by atoms with Gasteiger partial charge in [0.2, 0.25) is 0 Å². The van der Waals surface area contributed by atoms with Crippen LogP contribution in [0.2, 0.25) is 0 Å². The van der Waals surface area contributed by atoms with Crippen LogP contribution in [0, 0.1) is 5.82 Å². The number of hydrogen-bond acceptors (Lipinski definition) is 3. The average Bonchev–Trinajstić information content (AvgIpc) is 2.36. The van der Waals surface area contributed by atoms with Crippen molar-refractivity contribution in [2.24, 2.45) is 0 Å². The molecule has 0 unspecified atom stereocenters. The predicted molar refractivity (Wildman–Crippen MR) is 66.5 cm³/mol. The van der Waals surface area contributed by atoms with E-state index < -0.39 is 0 Å². The molecule has 3 rings (SSSR count). The zero-order chi connectivity index (χ0) is 12.4. The van der Waals surface area contributed by atoms with Gasteiger partial charge in [-0.1, -0.05) is 0 Å². The topological polar surface area (TPSA) is 30.5 Å². The van der Waals surface area contributed by atoms with E-state index in [2.05, 4.69) is 5.32 Å². The molecule has 4 heteroatoms. The third kappa shape index (κ3) is 2.49. The van der Waals surface area contributed by atoms with Gasteiger partial charge in [0, 0.05) is 5.56 Å². The summed E-state index contributed by atoms with van der Waals surface area (Å²) in [6, 6.07) is 4.86. The molecule has 3 nitrogen and oxygen atoms in total. The van der Waals surface area contributed by atoms with Crippen LogP contribution in [-0.4, -0.2) is 32.4 Å². The second kappa shape index (κ2) is 5.24. The molecule has 18 heavy (non-hydrogen) atoms. The Morgan fingerprint density at radius 2 is 2.00 bits per heavy atom. The molecular formula is C14H18FNO2. The molecule has 2 heterocycles. The van der Waals surface area contributed by atoms with E-state index in [0.717, 1.165) is 37.2 Å². The second-order valence-corrected chi connectivity index (χ2v) is 4.98. The van der Waals surface area contributed by atoms with Gasteiger partial charge in [0.25, 0.3) is 0 Å². The Hall–Kier alpha value is -1.13. The Morgan fingerprint density at radius 1 is 1.22 bits per heavy atom. The molecule has 0 aliphatic carbocycles. The summed E-state index contributed by atoms with van der Waals surface area (Å²) in [4.78, 5) is 0. The van der Waals surface area contributed by atoms with E-state index in [-0.39, 0.29) is 11.9 Å². The molecule has 0 radical (unpaired) electrons.